The van der Waals surface area contributed by atoms with Gasteiger partial charge in [-0.2, -0.15) is 0 Å². The zero-order chi connectivity index (χ0) is 26.3. The average Bonchev–Trinajstić information content (AvgIpc) is 3.86. The Balaban J connectivity index is 0.000000121. The van der Waals surface area contributed by atoms with E-state index in [1.807, 2.05) is 84.9 Å². The fraction of sp³-hybridized carbons (Fsp3) is 0.0625. The van der Waals surface area contributed by atoms with Crippen molar-refractivity contribution >= 4 is 0 Å². The standard InChI is InChI=1S/C12H8N2O.2C10H8N2.Ru/c1-3-7-9(13-5-1)10-8(4-2-6-14-10)12-11(7)15-12;2*1-3-7-11-9(5-1)10-6-2-4-8-12-10;/h1-6,11-12H;2*1-8H;. The second-order valence-corrected chi connectivity index (χ2v) is 8.72. The number of pyridine rings is 6. The van der Waals surface area contributed by atoms with Crippen LogP contribution in [0.1, 0.15) is 23.3 Å². The summed E-state index contributed by atoms with van der Waals surface area (Å²) in [5.74, 6) is 0. The van der Waals surface area contributed by atoms with Crippen LogP contribution in [0.15, 0.2) is 134 Å². The fourth-order valence-electron chi connectivity index (χ4n) is 4.33. The molecule has 2 unspecified atom stereocenters. The van der Waals surface area contributed by atoms with Crippen molar-refractivity contribution < 1.29 is 24.2 Å². The number of fused-ring (bicyclic) bond motifs is 6. The summed E-state index contributed by atoms with van der Waals surface area (Å²) in [6.45, 7) is 0. The molecule has 196 valence electrons. The number of aromatic nitrogens is 6. The van der Waals surface area contributed by atoms with Crippen molar-refractivity contribution in [2.45, 2.75) is 12.2 Å². The van der Waals surface area contributed by atoms with Gasteiger partial charge in [-0.3, -0.25) is 29.9 Å². The summed E-state index contributed by atoms with van der Waals surface area (Å²) < 4.78 is 5.65. The predicted molar refractivity (Wildman–Crippen MR) is 149 cm³/mol. The van der Waals surface area contributed by atoms with E-state index in [-0.39, 0.29) is 31.7 Å². The minimum absolute atomic E-state index is 0. The molecule has 0 bridgehead atoms. The monoisotopic (exact) mass is 610 g/mol. The van der Waals surface area contributed by atoms with E-state index in [1.165, 1.54) is 11.1 Å². The van der Waals surface area contributed by atoms with Gasteiger partial charge in [-0.1, -0.05) is 36.4 Å². The van der Waals surface area contributed by atoms with Gasteiger partial charge in [-0.25, -0.2) is 0 Å². The summed E-state index contributed by atoms with van der Waals surface area (Å²) in [6.07, 6.45) is 11.1. The molecule has 7 heterocycles. The van der Waals surface area contributed by atoms with Crippen molar-refractivity contribution in [1.29, 1.82) is 0 Å². The molecule has 40 heavy (non-hydrogen) atoms. The van der Waals surface area contributed by atoms with E-state index in [4.69, 9.17) is 4.74 Å². The Hall–Kier alpha value is -4.52. The first-order chi connectivity index (χ1) is 19.4. The van der Waals surface area contributed by atoms with Gasteiger partial charge >= 0.3 is 0 Å². The molecule has 0 aromatic carbocycles. The van der Waals surface area contributed by atoms with Crippen LogP contribution in [0.25, 0.3) is 34.2 Å². The van der Waals surface area contributed by atoms with Crippen molar-refractivity contribution in [3.63, 3.8) is 0 Å². The van der Waals surface area contributed by atoms with Crippen LogP contribution in [-0.4, -0.2) is 29.9 Å². The van der Waals surface area contributed by atoms with Gasteiger partial charge in [0.25, 0.3) is 0 Å². The van der Waals surface area contributed by atoms with Crippen molar-refractivity contribution in [2.24, 2.45) is 0 Å². The Morgan fingerprint density at radius 2 is 0.700 bits per heavy atom. The van der Waals surface area contributed by atoms with Crippen molar-refractivity contribution in [2.75, 3.05) is 0 Å². The van der Waals surface area contributed by atoms with Crippen LogP contribution in [0.5, 0.6) is 0 Å². The SMILES string of the molecule is [Ru].c1ccc(-c2ccccn2)nc1.c1ccc(-c2ccccn2)nc1.c1cnc2c(c1)C1OC1c1cccnc1-2. The second-order valence-electron chi connectivity index (χ2n) is 8.72. The van der Waals surface area contributed by atoms with Gasteiger partial charge in [0.15, 0.2) is 0 Å². The molecule has 6 aromatic heterocycles. The number of ether oxygens (including phenoxy) is 1. The van der Waals surface area contributed by atoms with Crippen molar-refractivity contribution in [3.8, 4) is 34.2 Å². The summed E-state index contributed by atoms with van der Waals surface area (Å²) in [7, 11) is 0. The minimum Gasteiger partial charge on any atom is -0.359 e. The third kappa shape index (κ3) is 6.20. The minimum atomic E-state index is 0. The number of hydrogen-bond donors (Lipinski definition) is 0. The van der Waals surface area contributed by atoms with E-state index in [2.05, 4.69) is 42.0 Å². The molecule has 0 amide bonds. The predicted octanol–water partition coefficient (Wildman–Crippen LogP) is 6.55. The molecule has 8 heteroatoms. The summed E-state index contributed by atoms with van der Waals surface area (Å²) >= 11 is 0. The second kappa shape index (κ2) is 13.0. The maximum absolute atomic E-state index is 5.65. The topological polar surface area (TPSA) is 89.9 Å². The van der Waals surface area contributed by atoms with Crippen LogP contribution in [0, 0.1) is 0 Å². The van der Waals surface area contributed by atoms with E-state index >= 15 is 0 Å². The largest absolute Gasteiger partial charge is 0.359 e. The molecule has 2 aliphatic rings. The van der Waals surface area contributed by atoms with Crippen LogP contribution >= 0.6 is 0 Å². The Bertz CT molecular complexity index is 1440. The molecule has 1 aliphatic heterocycles. The smallest absolute Gasteiger partial charge is 0.116 e. The number of nitrogens with zero attached hydrogens (tertiary/aromatic N) is 6. The Morgan fingerprint density at radius 1 is 0.375 bits per heavy atom. The maximum Gasteiger partial charge on any atom is 0.116 e. The fourth-order valence-corrected chi connectivity index (χ4v) is 4.33. The molecule has 0 N–H and O–H groups in total. The van der Waals surface area contributed by atoms with Crippen LogP contribution in [0.3, 0.4) is 0 Å². The quantitative estimate of drug-likeness (QED) is 0.162. The summed E-state index contributed by atoms with van der Waals surface area (Å²) in [5.41, 5.74) is 7.97. The number of hydrogen-bond acceptors (Lipinski definition) is 7. The average molecular weight is 610 g/mol. The molecular formula is C32H24N6ORu. The van der Waals surface area contributed by atoms with Crippen LogP contribution in [-0.2, 0) is 24.2 Å². The normalized spacial score (nSPS) is 15.2. The Morgan fingerprint density at radius 3 is 1.00 bits per heavy atom. The van der Waals surface area contributed by atoms with Gasteiger partial charge in [0.05, 0.1) is 34.2 Å². The molecule has 1 fully saturated rings. The van der Waals surface area contributed by atoms with E-state index in [1.54, 1.807) is 37.2 Å². The van der Waals surface area contributed by atoms with Crippen LogP contribution in [0.4, 0.5) is 0 Å². The van der Waals surface area contributed by atoms with Crippen LogP contribution in [0.2, 0.25) is 0 Å². The zero-order valence-electron chi connectivity index (χ0n) is 21.3. The molecule has 7 nitrogen and oxygen atoms in total. The molecule has 1 aliphatic carbocycles. The van der Waals surface area contributed by atoms with Gasteiger partial charge in [0.2, 0.25) is 0 Å². The number of rotatable bonds is 2. The van der Waals surface area contributed by atoms with Gasteiger partial charge in [0, 0.05) is 67.8 Å². The van der Waals surface area contributed by atoms with Gasteiger partial charge < -0.3 is 4.74 Å². The van der Waals surface area contributed by atoms with E-state index < -0.39 is 0 Å². The molecular weight excluding hydrogens is 585 g/mol. The summed E-state index contributed by atoms with van der Waals surface area (Å²) in [5, 5.41) is 0. The van der Waals surface area contributed by atoms with Crippen LogP contribution < -0.4 is 0 Å². The third-order valence-corrected chi connectivity index (χ3v) is 6.19. The molecule has 2 atom stereocenters. The maximum atomic E-state index is 5.65. The zero-order valence-corrected chi connectivity index (χ0v) is 23.0. The van der Waals surface area contributed by atoms with E-state index in [0.717, 1.165) is 34.2 Å². The number of epoxide rings is 1. The summed E-state index contributed by atoms with van der Waals surface area (Å²) in [4.78, 5) is 25.5. The van der Waals surface area contributed by atoms with Gasteiger partial charge in [-0.05, 0) is 60.7 Å². The first-order valence-corrected chi connectivity index (χ1v) is 12.6. The molecule has 8 rings (SSSR count). The molecule has 0 spiro atoms. The first-order valence-electron chi connectivity index (χ1n) is 12.6. The molecule has 1 saturated heterocycles. The van der Waals surface area contributed by atoms with Crippen molar-refractivity contribution in [3.05, 3.63) is 145 Å². The Labute approximate surface area is 245 Å². The third-order valence-electron chi connectivity index (χ3n) is 6.19. The molecule has 0 radical (unpaired) electrons. The Kier molecular flexibility index (Phi) is 8.81. The van der Waals surface area contributed by atoms with Crippen molar-refractivity contribution in [1.82, 2.24) is 29.9 Å². The first kappa shape index (κ1) is 27.1. The van der Waals surface area contributed by atoms with Gasteiger partial charge in [-0.15, -0.1) is 0 Å². The van der Waals surface area contributed by atoms with Gasteiger partial charge in [0.1, 0.15) is 12.2 Å². The van der Waals surface area contributed by atoms with E-state index in [9.17, 15) is 0 Å². The molecule has 6 aromatic rings. The van der Waals surface area contributed by atoms with E-state index in [0.29, 0.717) is 0 Å². The molecule has 0 saturated carbocycles. The summed E-state index contributed by atoms with van der Waals surface area (Å²) in [6, 6.07) is 31.2.